The van der Waals surface area contributed by atoms with E-state index >= 15 is 0 Å². The van der Waals surface area contributed by atoms with E-state index in [0.29, 0.717) is 25.6 Å². The topological polar surface area (TPSA) is 103 Å². The molecular formula is C12H18N2O5S. The van der Waals surface area contributed by atoms with E-state index in [4.69, 9.17) is 14.3 Å². The SMILES string of the molecule is COCC1CCN(C(=O)c2cc(S(N)(=O)=O)c(C)o2)C1. The van der Waals surface area contributed by atoms with E-state index in [0.717, 1.165) is 6.42 Å². The second kappa shape index (κ2) is 5.55. The van der Waals surface area contributed by atoms with Gasteiger partial charge in [0.2, 0.25) is 10.0 Å². The lowest BCUT2D eigenvalue weighted by Gasteiger charge is -2.14. The van der Waals surface area contributed by atoms with E-state index < -0.39 is 10.0 Å². The lowest BCUT2D eigenvalue weighted by atomic mass is 10.1. The number of furan rings is 1. The molecule has 1 saturated heterocycles. The third-order valence-electron chi connectivity index (χ3n) is 3.36. The van der Waals surface area contributed by atoms with Crippen LogP contribution in [0.3, 0.4) is 0 Å². The van der Waals surface area contributed by atoms with Crippen molar-refractivity contribution in [2.75, 3.05) is 26.8 Å². The highest BCUT2D eigenvalue weighted by molar-refractivity contribution is 7.89. The molecular weight excluding hydrogens is 284 g/mol. The first-order valence-electron chi connectivity index (χ1n) is 6.24. The third kappa shape index (κ3) is 3.02. The van der Waals surface area contributed by atoms with Gasteiger partial charge in [0, 0.05) is 32.2 Å². The van der Waals surface area contributed by atoms with E-state index in [1.165, 1.54) is 13.0 Å². The minimum atomic E-state index is -3.87. The Balaban J connectivity index is 2.15. The number of hydrogen-bond acceptors (Lipinski definition) is 5. The number of nitrogens with zero attached hydrogens (tertiary/aromatic N) is 1. The molecule has 0 radical (unpaired) electrons. The van der Waals surface area contributed by atoms with Crippen LogP contribution in [0.25, 0.3) is 0 Å². The van der Waals surface area contributed by atoms with Crippen LogP contribution in [-0.2, 0) is 14.8 Å². The van der Waals surface area contributed by atoms with Gasteiger partial charge in [-0.1, -0.05) is 0 Å². The maximum Gasteiger partial charge on any atom is 0.289 e. The first-order chi connectivity index (χ1) is 9.32. The van der Waals surface area contributed by atoms with Gasteiger partial charge >= 0.3 is 0 Å². The Kier molecular flexibility index (Phi) is 4.17. The average Bonchev–Trinajstić information content (AvgIpc) is 2.94. The average molecular weight is 302 g/mol. The molecule has 0 bridgehead atoms. The molecule has 0 aromatic carbocycles. The van der Waals surface area contributed by atoms with E-state index in [9.17, 15) is 13.2 Å². The van der Waals surface area contributed by atoms with Gasteiger partial charge in [0.05, 0.1) is 6.61 Å². The second-order valence-electron chi connectivity index (χ2n) is 4.94. The Morgan fingerprint density at radius 1 is 1.60 bits per heavy atom. The van der Waals surface area contributed by atoms with Gasteiger partial charge in [-0.3, -0.25) is 4.79 Å². The zero-order chi connectivity index (χ0) is 14.9. The molecule has 1 aromatic rings. The largest absolute Gasteiger partial charge is 0.455 e. The van der Waals surface area contributed by atoms with Crippen LogP contribution in [0.1, 0.15) is 22.7 Å². The van der Waals surface area contributed by atoms with Gasteiger partial charge in [-0.15, -0.1) is 0 Å². The van der Waals surface area contributed by atoms with Crippen molar-refractivity contribution < 1.29 is 22.4 Å². The molecule has 0 saturated carbocycles. The molecule has 112 valence electrons. The van der Waals surface area contributed by atoms with Crippen molar-refractivity contribution in [2.24, 2.45) is 11.1 Å². The van der Waals surface area contributed by atoms with E-state index in [1.807, 2.05) is 0 Å². The molecule has 2 rings (SSSR count). The Labute approximate surface area is 117 Å². The number of sulfonamides is 1. The molecule has 1 unspecified atom stereocenters. The zero-order valence-electron chi connectivity index (χ0n) is 11.5. The van der Waals surface area contributed by atoms with Crippen molar-refractivity contribution in [2.45, 2.75) is 18.2 Å². The Hall–Kier alpha value is -1.38. The summed E-state index contributed by atoms with van der Waals surface area (Å²) in [5.41, 5.74) is 0. The number of carbonyl (C=O) groups excluding carboxylic acids is 1. The highest BCUT2D eigenvalue weighted by atomic mass is 32.2. The van der Waals surface area contributed by atoms with Gasteiger partial charge < -0.3 is 14.1 Å². The minimum absolute atomic E-state index is 0.00425. The zero-order valence-corrected chi connectivity index (χ0v) is 12.3. The fraction of sp³-hybridized carbons (Fsp3) is 0.583. The molecule has 0 spiro atoms. The molecule has 1 aliphatic heterocycles. The van der Waals surface area contributed by atoms with E-state index in [1.54, 1.807) is 12.0 Å². The lowest BCUT2D eigenvalue weighted by molar-refractivity contribution is 0.0743. The van der Waals surface area contributed by atoms with Gasteiger partial charge in [0.1, 0.15) is 10.7 Å². The molecule has 8 heteroatoms. The number of methoxy groups -OCH3 is 1. The number of hydrogen-bond donors (Lipinski definition) is 1. The number of aryl methyl sites for hydroxylation is 1. The summed E-state index contributed by atoms with van der Waals surface area (Å²) in [4.78, 5) is 13.7. The van der Waals surface area contributed by atoms with Crippen molar-refractivity contribution in [3.8, 4) is 0 Å². The highest BCUT2D eigenvalue weighted by Crippen LogP contribution is 2.23. The predicted molar refractivity (Wildman–Crippen MR) is 70.7 cm³/mol. The number of rotatable bonds is 4. The van der Waals surface area contributed by atoms with Gasteiger partial charge in [-0.25, -0.2) is 13.6 Å². The van der Waals surface area contributed by atoms with Crippen LogP contribution in [0.15, 0.2) is 15.4 Å². The normalized spacial score (nSPS) is 19.6. The monoisotopic (exact) mass is 302 g/mol. The van der Waals surface area contributed by atoms with Crippen molar-refractivity contribution in [3.63, 3.8) is 0 Å². The summed E-state index contributed by atoms with van der Waals surface area (Å²) in [6, 6.07) is 1.19. The van der Waals surface area contributed by atoms with E-state index in [-0.39, 0.29) is 22.3 Å². The standard InChI is InChI=1S/C12H18N2O5S/c1-8-11(20(13,16)17)5-10(19-8)12(15)14-4-3-9(6-14)7-18-2/h5,9H,3-4,6-7H2,1-2H3,(H2,13,16,17). The van der Waals surface area contributed by atoms with Crippen LogP contribution >= 0.6 is 0 Å². The molecule has 1 atom stereocenters. The summed E-state index contributed by atoms with van der Waals surface area (Å²) < 4.78 is 32.9. The van der Waals surface area contributed by atoms with Crippen LogP contribution in [0.5, 0.6) is 0 Å². The molecule has 2 N–H and O–H groups in total. The third-order valence-corrected chi connectivity index (χ3v) is 4.38. The Morgan fingerprint density at radius 3 is 2.85 bits per heavy atom. The second-order valence-corrected chi connectivity index (χ2v) is 6.47. The summed E-state index contributed by atoms with van der Waals surface area (Å²) >= 11 is 0. The van der Waals surface area contributed by atoms with Gasteiger partial charge in [0.15, 0.2) is 5.76 Å². The number of likely N-dealkylation sites (tertiary alicyclic amines) is 1. The number of carbonyl (C=O) groups is 1. The first kappa shape index (κ1) is 15.0. The van der Waals surface area contributed by atoms with Crippen molar-refractivity contribution in [3.05, 3.63) is 17.6 Å². The molecule has 20 heavy (non-hydrogen) atoms. The van der Waals surface area contributed by atoms with Crippen molar-refractivity contribution in [1.29, 1.82) is 0 Å². The summed E-state index contributed by atoms with van der Waals surface area (Å²) in [6.07, 6.45) is 0.862. The molecule has 1 amide bonds. The highest BCUT2D eigenvalue weighted by Gasteiger charge is 2.30. The lowest BCUT2D eigenvalue weighted by Crippen LogP contribution is -2.29. The van der Waals surface area contributed by atoms with Crippen LogP contribution in [0.2, 0.25) is 0 Å². The van der Waals surface area contributed by atoms with Crippen LogP contribution in [0, 0.1) is 12.8 Å². The fourth-order valence-electron chi connectivity index (χ4n) is 2.40. The summed E-state index contributed by atoms with van der Waals surface area (Å²) in [5.74, 6) is 0.118. The predicted octanol–water partition coefficient (Wildman–Crippen LogP) is 0.344. The molecule has 1 fully saturated rings. The Bertz CT molecular complexity index is 607. The number of ether oxygens (including phenoxy) is 1. The molecule has 0 aliphatic carbocycles. The first-order valence-corrected chi connectivity index (χ1v) is 7.79. The smallest absolute Gasteiger partial charge is 0.289 e. The Morgan fingerprint density at radius 2 is 2.30 bits per heavy atom. The molecule has 2 heterocycles. The quantitative estimate of drug-likeness (QED) is 0.864. The van der Waals surface area contributed by atoms with Crippen molar-refractivity contribution >= 4 is 15.9 Å². The van der Waals surface area contributed by atoms with Crippen LogP contribution in [0.4, 0.5) is 0 Å². The molecule has 7 nitrogen and oxygen atoms in total. The fourth-order valence-corrected chi connectivity index (χ4v) is 3.11. The van der Waals surface area contributed by atoms with Crippen LogP contribution < -0.4 is 5.14 Å². The summed E-state index contributed by atoms with van der Waals surface area (Å²) in [7, 11) is -2.25. The maximum atomic E-state index is 12.2. The van der Waals surface area contributed by atoms with Crippen LogP contribution in [-0.4, -0.2) is 46.0 Å². The summed E-state index contributed by atoms with van der Waals surface area (Å²) in [6.45, 7) is 3.26. The van der Waals surface area contributed by atoms with Gasteiger partial charge in [-0.2, -0.15) is 0 Å². The minimum Gasteiger partial charge on any atom is -0.455 e. The number of amides is 1. The number of nitrogens with two attached hydrogens (primary N) is 1. The molecule has 1 aromatic heterocycles. The van der Waals surface area contributed by atoms with E-state index in [2.05, 4.69) is 0 Å². The van der Waals surface area contributed by atoms with Crippen molar-refractivity contribution in [1.82, 2.24) is 4.90 Å². The number of primary sulfonamides is 1. The van der Waals surface area contributed by atoms with Gasteiger partial charge in [-0.05, 0) is 13.3 Å². The summed E-state index contributed by atoms with van der Waals surface area (Å²) in [5, 5.41) is 5.06. The molecule has 1 aliphatic rings. The maximum absolute atomic E-state index is 12.2. The van der Waals surface area contributed by atoms with Gasteiger partial charge in [0.25, 0.3) is 5.91 Å².